The molecule has 0 spiro atoms. The van der Waals surface area contributed by atoms with E-state index in [4.69, 9.17) is 4.42 Å². The lowest BCUT2D eigenvalue weighted by Crippen LogP contribution is -2.36. The normalized spacial score (nSPS) is 37.6. The van der Waals surface area contributed by atoms with Gasteiger partial charge in [0.1, 0.15) is 12.0 Å². The standard InChI is InChI=1S/C27H39NO4/c1-17(6-11-25(30)24-15-32-16-28-24)22-9-10-23-19(5-4-12-27(22,23)3)7-8-20-13-21(29)14-26(31)18(20)2/h7-8,15-17,21-23,25-26,29-31H,2,4-6,9-14H2,1,3H3/t17-,21-,22-,23+,25+,26+,27-/m1/s1. The van der Waals surface area contributed by atoms with Crippen LogP contribution in [-0.2, 0) is 0 Å². The van der Waals surface area contributed by atoms with Crippen molar-refractivity contribution in [2.75, 3.05) is 0 Å². The van der Waals surface area contributed by atoms with E-state index in [-0.39, 0.29) is 0 Å². The van der Waals surface area contributed by atoms with Gasteiger partial charge < -0.3 is 19.7 Å². The number of rotatable bonds is 6. The summed E-state index contributed by atoms with van der Waals surface area (Å²) in [6, 6.07) is 0. The lowest BCUT2D eigenvalue weighted by Gasteiger charge is -2.44. The minimum absolute atomic E-state index is 0.295. The maximum absolute atomic E-state index is 10.4. The molecule has 0 aromatic carbocycles. The number of allylic oxidation sites excluding steroid dienone is 3. The van der Waals surface area contributed by atoms with Crippen molar-refractivity contribution >= 4 is 0 Å². The largest absolute Gasteiger partial charge is 0.451 e. The van der Waals surface area contributed by atoms with E-state index in [0.717, 1.165) is 24.0 Å². The van der Waals surface area contributed by atoms with Crippen LogP contribution in [0.2, 0.25) is 0 Å². The molecule has 3 aliphatic carbocycles. The first-order valence-corrected chi connectivity index (χ1v) is 12.3. The number of aromatic nitrogens is 1. The average Bonchev–Trinajstić information content (AvgIpc) is 3.41. The van der Waals surface area contributed by atoms with Crippen LogP contribution in [0.5, 0.6) is 0 Å². The van der Waals surface area contributed by atoms with Gasteiger partial charge in [0.05, 0.1) is 18.3 Å². The SMILES string of the molecule is C=C1C(=CC=C2CCC[C@]3(C)[C@@H]([C@H](C)CC[C@H](O)c4cocn4)CC[C@@H]23)C[C@@H](O)C[C@@H]1O. The van der Waals surface area contributed by atoms with E-state index >= 15 is 0 Å². The summed E-state index contributed by atoms with van der Waals surface area (Å²) in [7, 11) is 0. The highest BCUT2D eigenvalue weighted by atomic mass is 16.3. The Morgan fingerprint density at radius 2 is 2.09 bits per heavy atom. The molecule has 0 bridgehead atoms. The van der Waals surface area contributed by atoms with Crippen LogP contribution in [0, 0.1) is 23.2 Å². The van der Waals surface area contributed by atoms with E-state index in [9.17, 15) is 15.3 Å². The molecule has 0 unspecified atom stereocenters. The minimum atomic E-state index is -0.635. The minimum Gasteiger partial charge on any atom is -0.451 e. The summed E-state index contributed by atoms with van der Waals surface area (Å²) in [6.07, 6.45) is 14.3. The van der Waals surface area contributed by atoms with E-state index in [1.807, 2.05) is 0 Å². The molecule has 0 saturated heterocycles. The molecule has 5 nitrogen and oxygen atoms in total. The third-order valence-corrected chi connectivity index (χ3v) is 8.68. The lowest BCUT2D eigenvalue weighted by molar-refractivity contribution is 0.0817. The zero-order chi connectivity index (χ0) is 22.9. The summed E-state index contributed by atoms with van der Waals surface area (Å²) < 4.78 is 5.01. The van der Waals surface area contributed by atoms with Crippen molar-refractivity contribution in [3.05, 3.63) is 53.8 Å². The van der Waals surface area contributed by atoms with Crippen molar-refractivity contribution in [2.45, 2.75) is 89.9 Å². The molecule has 1 heterocycles. The number of hydrogen-bond acceptors (Lipinski definition) is 5. The van der Waals surface area contributed by atoms with Gasteiger partial charge in [-0.15, -0.1) is 0 Å². The van der Waals surface area contributed by atoms with E-state index in [1.54, 1.807) is 0 Å². The van der Waals surface area contributed by atoms with Crippen LogP contribution in [0.25, 0.3) is 0 Å². The first-order valence-electron chi connectivity index (χ1n) is 12.3. The summed E-state index contributed by atoms with van der Waals surface area (Å²) in [5.74, 6) is 1.79. The van der Waals surface area contributed by atoms with Crippen molar-refractivity contribution in [3.8, 4) is 0 Å². The molecule has 3 N–H and O–H groups in total. The Kier molecular flexibility index (Phi) is 7.09. The Balaban J connectivity index is 1.44. The average molecular weight is 442 g/mol. The van der Waals surface area contributed by atoms with Gasteiger partial charge in [-0.05, 0) is 85.7 Å². The van der Waals surface area contributed by atoms with Crippen LogP contribution < -0.4 is 0 Å². The summed E-state index contributed by atoms with van der Waals surface area (Å²) in [4.78, 5) is 4.09. The molecule has 32 heavy (non-hydrogen) atoms. The van der Waals surface area contributed by atoms with Crippen LogP contribution in [0.3, 0.4) is 0 Å². The third-order valence-electron chi connectivity index (χ3n) is 8.68. The number of fused-ring (bicyclic) bond motifs is 1. The van der Waals surface area contributed by atoms with E-state index < -0.39 is 18.3 Å². The Hall–Kier alpha value is -1.69. The molecular formula is C27H39NO4. The number of nitrogens with zero attached hydrogens (tertiary/aromatic N) is 1. The lowest BCUT2D eigenvalue weighted by atomic mass is 9.60. The van der Waals surface area contributed by atoms with E-state index in [0.29, 0.717) is 48.1 Å². The maximum Gasteiger partial charge on any atom is 0.180 e. The molecule has 176 valence electrons. The molecule has 0 amide bonds. The van der Waals surface area contributed by atoms with Crippen molar-refractivity contribution in [1.82, 2.24) is 4.98 Å². The first kappa shape index (κ1) is 23.5. The zero-order valence-corrected chi connectivity index (χ0v) is 19.5. The summed E-state index contributed by atoms with van der Waals surface area (Å²) in [5, 5.41) is 30.6. The highest BCUT2D eigenvalue weighted by Crippen LogP contribution is 2.60. The van der Waals surface area contributed by atoms with Crippen molar-refractivity contribution < 1.29 is 19.7 Å². The van der Waals surface area contributed by atoms with E-state index in [1.165, 1.54) is 43.9 Å². The van der Waals surface area contributed by atoms with E-state index in [2.05, 4.69) is 37.6 Å². The fourth-order valence-corrected chi connectivity index (χ4v) is 6.84. The molecule has 3 fully saturated rings. The third kappa shape index (κ3) is 4.66. The Bertz CT molecular complexity index is 857. The highest BCUT2D eigenvalue weighted by Gasteiger charge is 2.50. The number of aliphatic hydroxyl groups excluding tert-OH is 3. The van der Waals surface area contributed by atoms with Gasteiger partial charge >= 0.3 is 0 Å². The van der Waals surface area contributed by atoms with Crippen LogP contribution in [0.1, 0.15) is 83.4 Å². The van der Waals surface area contributed by atoms with Crippen LogP contribution >= 0.6 is 0 Å². The summed E-state index contributed by atoms with van der Waals surface area (Å²) >= 11 is 0. The molecule has 1 aromatic rings. The molecule has 5 heteroatoms. The monoisotopic (exact) mass is 441 g/mol. The Labute approximate surface area is 192 Å². The van der Waals surface area contributed by atoms with Gasteiger partial charge in [-0.3, -0.25) is 0 Å². The number of oxazole rings is 1. The smallest absolute Gasteiger partial charge is 0.180 e. The second-order valence-corrected chi connectivity index (χ2v) is 10.6. The molecule has 4 rings (SSSR count). The topological polar surface area (TPSA) is 86.7 Å². The number of hydrogen-bond donors (Lipinski definition) is 3. The number of aliphatic hydroxyl groups is 3. The fourth-order valence-electron chi connectivity index (χ4n) is 6.84. The zero-order valence-electron chi connectivity index (χ0n) is 19.5. The van der Waals surface area contributed by atoms with Crippen molar-refractivity contribution in [2.24, 2.45) is 23.2 Å². The molecule has 3 aliphatic rings. The predicted octanol–water partition coefficient (Wildman–Crippen LogP) is 5.27. The van der Waals surface area contributed by atoms with Gasteiger partial charge in [0.25, 0.3) is 0 Å². The molecule has 0 aliphatic heterocycles. The van der Waals surface area contributed by atoms with Gasteiger partial charge in [-0.2, -0.15) is 0 Å². The summed E-state index contributed by atoms with van der Waals surface area (Å²) in [6.45, 7) is 8.88. The van der Waals surface area contributed by atoms with Gasteiger partial charge in [-0.25, -0.2) is 4.98 Å². The van der Waals surface area contributed by atoms with Gasteiger partial charge in [0.15, 0.2) is 6.39 Å². The second-order valence-electron chi connectivity index (χ2n) is 10.6. The molecule has 3 saturated carbocycles. The predicted molar refractivity (Wildman–Crippen MR) is 125 cm³/mol. The molecule has 7 atom stereocenters. The van der Waals surface area contributed by atoms with Crippen LogP contribution in [0.4, 0.5) is 0 Å². The Morgan fingerprint density at radius 3 is 2.84 bits per heavy atom. The van der Waals surface area contributed by atoms with Crippen LogP contribution in [-0.4, -0.2) is 32.5 Å². The quantitative estimate of drug-likeness (QED) is 0.560. The highest BCUT2D eigenvalue weighted by molar-refractivity contribution is 5.38. The van der Waals surface area contributed by atoms with Gasteiger partial charge in [0.2, 0.25) is 0 Å². The Morgan fingerprint density at radius 1 is 1.28 bits per heavy atom. The van der Waals surface area contributed by atoms with Crippen molar-refractivity contribution in [1.29, 1.82) is 0 Å². The van der Waals surface area contributed by atoms with Gasteiger partial charge in [-0.1, -0.05) is 38.2 Å². The summed E-state index contributed by atoms with van der Waals surface area (Å²) in [5.41, 5.74) is 4.19. The maximum atomic E-state index is 10.4. The van der Waals surface area contributed by atoms with Crippen molar-refractivity contribution in [3.63, 3.8) is 0 Å². The molecule has 0 radical (unpaired) electrons. The fraction of sp³-hybridized carbons (Fsp3) is 0.667. The van der Waals surface area contributed by atoms with Crippen LogP contribution in [0.15, 0.2) is 52.5 Å². The second kappa shape index (κ2) is 9.66. The first-order chi connectivity index (χ1) is 15.3. The molecular weight excluding hydrogens is 402 g/mol. The molecule has 1 aromatic heterocycles. The van der Waals surface area contributed by atoms with Gasteiger partial charge in [0, 0.05) is 6.42 Å².